The molecule has 4 nitrogen and oxygen atoms in total. The lowest BCUT2D eigenvalue weighted by molar-refractivity contribution is 0.772. The first kappa shape index (κ1) is 14.9. The molecule has 0 aliphatic carbocycles. The predicted molar refractivity (Wildman–Crippen MR) is 92.5 cm³/mol. The van der Waals surface area contributed by atoms with Crippen LogP contribution in [0, 0.1) is 20.8 Å². The Morgan fingerprint density at radius 3 is 2.59 bits per heavy atom. The van der Waals surface area contributed by atoms with Crippen LogP contribution in [0.2, 0.25) is 5.02 Å². The van der Waals surface area contributed by atoms with Crippen LogP contribution >= 0.6 is 22.9 Å². The van der Waals surface area contributed by atoms with Crippen molar-refractivity contribution < 1.29 is 0 Å². The van der Waals surface area contributed by atoms with Crippen molar-refractivity contribution in [1.29, 1.82) is 0 Å². The fraction of sp³-hybridized carbons (Fsp3) is 0.188. The number of rotatable bonds is 2. The smallest absolute Gasteiger partial charge is 0.267 e. The molecule has 3 rings (SSSR count). The van der Waals surface area contributed by atoms with Crippen LogP contribution in [0.3, 0.4) is 0 Å². The molecule has 2 aromatic heterocycles. The van der Waals surface area contributed by atoms with E-state index in [0.717, 1.165) is 20.8 Å². The van der Waals surface area contributed by atoms with Gasteiger partial charge in [-0.05, 0) is 44.0 Å². The number of aryl methyl sites for hydroxylation is 3. The van der Waals surface area contributed by atoms with E-state index in [4.69, 9.17) is 11.6 Å². The van der Waals surface area contributed by atoms with Crippen LogP contribution in [-0.2, 0) is 0 Å². The molecule has 0 aliphatic rings. The molecule has 0 amide bonds. The van der Waals surface area contributed by atoms with Crippen molar-refractivity contribution in [2.45, 2.75) is 20.8 Å². The number of hydrogen-bond donors (Lipinski definition) is 0. The van der Waals surface area contributed by atoms with E-state index in [9.17, 15) is 4.79 Å². The number of benzene rings is 1. The van der Waals surface area contributed by atoms with Gasteiger partial charge in [0.2, 0.25) is 0 Å². The molecule has 0 spiro atoms. The maximum Gasteiger partial charge on any atom is 0.283 e. The second kappa shape index (κ2) is 5.66. The number of hydrogen-bond acceptors (Lipinski definition) is 4. The minimum atomic E-state index is -0.130. The van der Waals surface area contributed by atoms with Crippen molar-refractivity contribution in [3.8, 4) is 0 Å². The van der Waals surface area contributed by atoms with Gasteiger partial charge in [-0.2, -0.15) is 9.78 Å². The maximum atomic E-state index is 12.7. The monoisotopic (exact) mass is 331 g/mol. The van der Waals surface area contributed by atoms with Gasteiger partial charge in [0.05, 0.1) is 11.6 Å². The summed E-state index contributed by atoms with van der Waals surface area (Å²) in [5.41, 5.74) is 1.72. The molecule has 0 saturated heterocycles. The first-order valence-electron chi connectivity index (χ1n) is 6.76. The average Bonchev–Trinajstić information content (AvgIpc) is 2.75. The Morgan fingerprint density at radius 1 is 1.23 bits per heavy atom. The summed E-state index contributed by atoms with van der Waals surface area (Å²) in [7, 11) is 0. The van der Waals surface area contributed by atoms with Crippen LogP contribution in [0.5, 0.6) is 0 Å². The van der Waals surface area contributed by atoms with Gasteiger partial charge in [0.1, 0.15) is 10.7 Å². The van der Waals surface area contributed by atoms with E-state index < -0.39 is 0 Å². The van der Waals surface area contributed by atoms with Gasteiger partial charge in [-0.3, -0.25) is 4.79 Å². The van der Waals surface area contributed by atoms with Gasteiger partial charge in [0.15, 0.2) is 0 Å². The molecule has 0 atom stereocenters. The molecule has 0 aliphatic heterocycles. The van der Waals surface area contributed by atoms with Crippen LogP contribution < -0.4 is 5.56 Å². The van der Waals surface area contributed by atoms with Crippen molar-refractivity contribution in [1.82, 2.24) is 9.66 Å². The molecule has 1 aromatic carbocycles. The predicted octanol–water partition coefficient (Wildman–Crippen LogP) is 3.92. The summed E-state index contributed by atoms with van der Waals surface area (Å²) < 4.78 is 1.34. The third-order valence-electron chi connectivity index (χ3n) is 3.54. The standard InChI is InChI=1S/C16H14ClN3OS/c1-9-10(2)22-15-14(9)16(21)20(11(3)19-15)18-8-12-4-6-13(17)7-5-12/h4-8H,1-3H3/b18-8+. The number of aromatic nitrogens is 2. The third kappa shape index (κ3) is 2.58. The van der Waals surface area contributed by atoms with Gasteiger partial charge in [0.25, 0.3) is 5.56 Å². The zero-order chi connectivity index (χ0) is 15.9. The Kier molecular flexibility index (Phi) is 3.85. The van der Waals surface area contributed by atoms with Crippen molar-refractivity contribution in [2.75, 3.05) is 0 Å². The minimum absolute atomic E-state index is 0.130. The third-order valence-corrected chi connectivity index (χ3v) is 4.89. The first-order valence-corrected chi connectivity index (χ1v) is 7.96. The molecule has 22 heavy (non-hydrogen) atoms. The summed E-state index contributed by atoms with van der Waals surface area (Å²) >= 11 is 7.40. The molecule has 0 saturated carbocycles. The Balaban J connectivity index is 2.12. The Morgan fingerprint density at radius 2 is 1.91 bits per heavy atom. The van der Waals surface area contributed by atoms with E-state index in [1.807, 2.05) is 26.0 Å². The Bertz CT molecular complexity index is 939. The lowest BCUT2D eigenvalue weighted by atomic mass is 10.2. The van der Waals surface area contributed by atoms with Crippen molar-refractivity contribution >= 4 is 39.4 Å². The molecule has 6 heteroatoms. The van der Waals surface area contributed by atoms with Gasteiger partial charge in [-0.15, -0.1) is 11.3 Å². The normalized spacial score (nSPS) is 11.6. The van der Waals surface area contributed by atoms with Crippen molar-refractivity contribution in [2.24, 2.45) is 5.10 Å². The SMILES string of the molecule is Cc1sc2nc(C)n(/N=C/c3ccc(Cl)cc3)c(=O)c2c1C. The fourth-order valence-electron chi connectivity index (χ4n) is 2.20. The number of nitrogens with zero attached hydrogens (tertiary/aromatic N) is 3. The molecular formula is C16H14ClN3OS. The van der Waals surface area contributed by atoms with Crippen molar-refractivity contribution in [3.63, 3.8) is 0 Å². The fourth-order valence-corrected chi connectivity index (χ4v) is 3.39. The van der Waals surface area contributed by atoms with Gasteiger partial charge >= 0.3 is 0 Å². The van der Waals surface area contributed by atoms with E-state index in [-0.39, 0.29) is 5.56 Å². The molecule has 0 unspecified atom stereocenters. The molecule has 0 N–H and O–H groups in total. The second-order valence-electron chi connectivity index (χ2n) is 5.04. The second-order valence-corrected chi connectivity index (χ2v) is 6.68. The van der Waals surface area contributed by atoms with Gasteiger partial charge in [-0.1, -0.05) is 23.7 Å². The molecular weight excluding hydrogens is 318 g/mol. The average molecular weight is 332 g/mol. The van der Waals surface area contributed by atoms with E-state index in [2.05, 4.69) is 10.1 Å². The van der Waals surface area contributed by atoms with Crippen LogP contribution in [0.4, 0.5) is 0 Å². The lowest BCUT2D eigenvalue weighted by Gasteiger charge is -2.03. The van der Waals surface area contributed by atoms with E-state index >= 15 is 0 Å². The molecule has 0 fully saturated rings. The van der Waals surface area contributed by atoms with Gasteiger partial charge in [0, 0.05) is 9.90 Å². The zero-order valence-electron chi connectivity index (χ0n) is 12.4. The van der Waals surface area contributed by atoms with Crippen LogP contribution in [0.25, 0.3) is 10.2 Å². The number of thiophene rings is 1. The van der Waals surface area contributed by atoms with Crippen LogP contribution in [0.15, 0.2) is 34.2 Å². The summed E-state index contributed by atoms with van der Waals surface area (Å²) in [4.78, 5) is 19.0. The Labute approximate surface area is 136 Å². The largest absolute Gasteiger partial charge is 0.283 e. The van der Waals surface area contributed by atoms with Crippen molar-refractivity contribution in [3.05, 3.63) is 61.5 Å². The lowest BCUT2D eigenvalue weighted by Crippen LogP contribution is -2.20. The van der Waals surface area contributed by atoms with Crippen LogP contribution in [-0.4, -0.2) is 15.9 Å². The number of halogens is 1. The van der Waals surface area contributed by atoms with Gasteiger partial charge < -0.3 is 0 Å². The first-order chi connectivity index (χ1) is 10.5. The molecule has 112 valence electrons. The topological polar surface area (TPSA) is 47.2 Å². The molecule has 2 heterocycles. The zero-order valence-corrected chi connectivity index (χ0v) is 14.0. The van der Waals surface area contributed by atoms with E-state index in [0.29, 0.717) is 16.2 Å². The van der Waals surface area contributed by atoms with Gasteiger partial charge in [-0.25, -0.2) is 4.98 Å². The van der Waals surface area contributed by atoms with E-state index in [1.54, 1.807) is 36.6 Å². The molecule has 0 bridgehead atoms. The highest BCUT2D eigenvalue weighted by molar-refractivity contribution is 7.18. The summed E-state index contributed by atoms with van der Waals surface area (Å²) in [5.74, 6) is 0.573. The summed E-state index contributed by atoms with van der Waals surface area (Å²) in [6, 6.07) is 7.26. The quantitative estimate of drug-likeness (QED) is 0.668. The highest BCUT2D eigenvalue weighted by atomic mass is 35.5. The highest BCUT2D eigenvalue weighted by Gasteiger charge is 2.13. The van der Waals surface area contributed by atoms with Crippen LogP contribution in [0.1, 0.15) is 21.8 Å². The summed E-state index contributed by atoms with van der Waals surface area (Å²) in [5, 5.41) is 5.60. The number of fused-ring (bicyclic) bond motifs is 1. The highest BCUT2D eigenvalue weighted by Crippen LogP contribution is 2.26. The summed E-state index contributed by atoms with van der Waals surface area (Å²) in [6.07, 6.45) is 1.63. The molecule has 0 radical (unpaired) electrons. The Hall–Kier alpha value is -1.98. The molecule has 3 aromatic rings. The van der Waals surface area contributed by atoms with E-state index in [1.165, 1.54) is 4.68 Å². The summed E-state index contributed by atoms with van der Waals surface area (Å²) in [6.45, 7) is 5.72. The maximum absolute atomic E-state index is 12.7. The minimum Gasteiger partial charge on any atom is -0.267 e.